The van der Waals surface area contributed by atoms with Crippen LogP contribution in [0.5, 0.6) is 0 Å². The van der Waals surface area contributed by atoms with Crippen LogP contribution in [0.15, 0.2) is 60.8 Å². The van der Waals surface area contributed by atoms with E-state index in [-0.39, 0.29) is 11.7 Å². The van der Waals surface area contributed by atoms with Crippen LogP contribution in [0.25, 0.3) is 11.3 Å². The van der Waals surface area contributed by atoms with Gasteiger partial charge < -0.3 is 10.2 Å². The second kappa shape index (κ2) is 11.8. The maximum atomic E-state index is 12.8. The molecule has 39 heavy (non-hydrogen) atoms. The van der Waals surface area contributed by atoms with Crippen LogP contribution in [0.3, 0.4) is 0 Å². The van der Waals surface area contributed by atoms with Crippen molar-refractivity contribution in [3.8, 4) is 11.3 Å². The molecule has 1 aromatic heterocycles. The van der Waals surface area contributed by atoms with E-state index in [0.717, 1.165) is 35.0 Å². The average molecular weight is 549 g/mol. The van der Waals surface area contributed by atoms with Gasteiger partial charge in [-0.3, -0.25) is 9.69 Å². The van der Waals surface area contributed by atoms with E-state index in [0.29, 0.717) is 44.2 Å². The number of benzene rings is 2. The Kier molecular flexibility index (Phi) is 8.25. The van der Waals surface area contributed by atoms with Crippen molar-refractivity contribution in [3.05, 3.63) is 71.9 Å². The molecule has 10 heteroatoms. The molecule has 0 bridgehead atoms. The van der Waals surface area contributed by atoms with Gasteiger partial charge in [-0.25, -0.2) is 18.4 Å². The Morgan fingerprint density at radius 2 is 1.69 bits per heavy atom. The minimum absolute atomic E-state index is 0.171. The molecule has 0 spiro atoms. The zero-order chi connectivity index (χ0) is 27.4. The summed E-state index contributed by atoms with van der Waals surface area (Å²) in [6.45, 7) is 5.13. The number of anilines is 2. The third-order valence-electron chi connectivity index (χ3n) is 7.30. The van der Waals surface area contributed by atoms with Crippen LogP contribution in [0.1, 0.15) is 42.1 Å². The highest BCUT2D eigenvalue weighted by Gasteiger charge is 2.28. The number of hydrogen-bond acceptors (Lipinski definition) is 7. The fourth-order valence-electron chi connectivity index (χ4n) is 4.80. The van der Waals surface area contributed by atoms with Crippen molar-refractivity contribution in [2.75, 3.05) is 49.2 Å². The van der Waals surface area contributed by atoms with Gasteiger partial charge in [-0.2, -0.15) is 4.31 Å². The summed E-state index contributed by atoms with van der Waals surface area (Å²) < 4.78 is 26.2. The topological polar surface area (TPSA) is 98.7 Å². The molecule has 1 saturated heterocycles. The van der Waals surface area contributed by atoms with Crippen LogP contribution >= 0.6 is 0 Å². The summed E-state index contributed by atoms with van der Waals surface area (Å²) in [5, 5.41) is 2.97. The van der Waals surface area contributed by atoms with Crippen LogP contribution in [0, 0.1) is 0 Å². The number of rotatable bonds is 10. The summed E-state index contributed by atoms with van der Waals surface area (Å²) in [5.74, 6) is 0.767. The Balaban J connectivity index is 1.14. The van der Waals surface area contributed by atoms with Crippen molar-refractivity contribution in [3.63, 3.8) is 0 Å². The molecule has 0 atom stereocenters. The first-order valence-electron chi connectivity index (χ1n) is 13.6. The van der Waals surface area contributed by atoms with Gasteiger partial charge in [0.1, 0.15) is 0 Å². The molecule has 1 saturated carbocycles. The van der Waals surface area contributed by atoms with Crippen molar-refractivity contribution in [1.29, 1.82) is 0 Å². The lowest BCUT2D eigenvalue weighted by atomic mass is 10.1. The van der Waals surface area contributed by atoms with E-state index in [1.165, 1.54) is 12.8 Å². The molecule has 1 aliphatic heterocycles. The van der Waals surface area contributed by atoms with E-state index in [4.69, 9.17) is 4.98 Å². The van der Waals surface area contributed by atoms with E-state index >= 15 is 0 Å². The quantitative estimate of drug-likeness (QED) is 0.411. The molecule has 0 unspecified atom stereocenters. The van der Waals surface area contributed by atoms with E-state index in [1.54, 1.807) is 10.5 Å². The maximum Gasteiger partial charge on any atom is 0.255 e. The standard InChI is InChI=1S/C29H36N6O3S/c1-3-20-39(37,38)35-18-16-34(17-19-35)21-22-4-10-25(11-5-22)31-28(36)24-8-6-23(7-9-24)27-14-15-30-29(32-27)33(2)26-12-13-26/h4-11,14-15,26H,3,12-13,16-21H2,1-2H3,(H,31,36). The van der Waals surface area contributed by atoms with E-state index in [2.05, 4.69) is 20.1 Å². The second-order valence-electron chi connectivity index (χ2n) is 10.3. The first kappa shape index (κ1) is 27.2. The SMILES string of the molecule is CCCS(=O)(=O)N1CCN(Cc2ccc(NC(=O)c3ccc(-c4ccnc(N(C)C5CC5)n4)cc3)cc2)CC1. The first-order chi connectivity index (χ1) is 18.8. The highest BCUT2D eigenvalue weighted by molar-refractivity contribution is 7.89. The number of amides is 1. The van der Waals surface area contributed by atoms with Crippen molar-refractivity contribution in [1.82, 2.24) is 19.2 Å². The second-order valence-corrected chi connectivity index (χ2v) is 12.4. The Hall–Kier alpha value is -3.34. The molecule has 3 aromatic rings. The van der Waals surface area contributed by atoms with Crippen LogP contribution < -0.4 is 10.2 Å². The normalized spacial score (nSPS) is 16.7. The molecule has 206 valence electrons. The van der Waals surface area contributed by atoms with Gasteiger partial charge in [0.25, 0.3) is 5.91 Å². The first-order valence-corrected chi connectivity index (χ1v) is 15.2. The summed E-state index contributed by atoms with van der Waals surface area (Å²) >= 11 is 0. The molecular weight excluding hydrogens is 512 g/mol. The smallest absolute Gasteiger partial charge is 0.255 e. The number of piperazine rings is 1. The summed E-state index contributed by atoms with van der Waals surface area (Å²) in [6, 6.07) is 17.7. The lowest BCUT2D eigenvalue weighted by Crippen LogP contribution is -2.48. The number of nitrogens with zero attached hydrogens (tertiary/aromatic N) is 5. The molecule has 2 fully saturated rings. The lowest BCUT2D eigenvalue weighted by Gasteiger charge is -2.34. The van der Waals surface area contributed by atoms with Gasteiger partial charge in [0.2, 0.25) is 16.0 Å². The van der Waals surface area contributed by atoms with Gasteiger partial charge in [-0.05, 0) is 55.2 Å². The summed E-state index contributed by atoms with van der Waals surface area (Å²) in [5.41, 5.74) is 4.19. The van der Waals surface area contributed by atoms with Crippen molar-refractivity contribution in [2.45, 2.75) is 38.8 Å². The molecular formula is C29H36N6O3S. The Morgan fingerprint density at radius 3 is 2.33 bits per heavy atom. The molecule has 0 radical (unpaired) electrons. The third kappa shape index (κ3) is 6.81. The fraction of sp³-hybridized carbons (Fsp3) is 0.414. The van der Waals surface area contributed by atoms with E-state index < -0.39 is 10.0 Å². The Labute approximate surface area is 230 Å². The Bertz CT molecular complexity index is 1380. The number of nitrogens with one attached hydrogen (secondary N) is 1. The monoisotopic (exact) mass is 548 g/mol. The lowest BCUT2D eigenvalue weighted by molar-refractivity contribution is 0.102. The number of sulfonamides is 1. The van der Waals surface area contributed by atoms with Crippen LogP contribution in [-0.4, -0.2) is 78.5 Å². The predicted molar refractivity (Wildman–Crippen MR) is 154 cm³/mol. The van der Waals surface area contributed by atoms with Crippen molar-refractivity contribution >= 4 is 27.6 Å². The minimum atomic E-state index is -3.13. The predicted octanol–water partition coefficient (Wildman–Crippen LogP) is 3.85. The zero-order valence-electron chi connectivity index (χ0n) is 22.6. The van der Waals surface area contributed by atoms with Crippen LogP contribution in [-0.2, 0) is 16.6 Å². The fourth-order valence-corrected chi connectivity index (χ4v) is 6.30. The molecule has 1 amide bonds. The summed E-state index contributed by atoms with van der Waals surface area (Å²) in [4.78, 5) is 26.3. The molecule has 1 N–H and O–H groups in total. The van der Waals surface area contributed by atoms with E-state index in [9.17, 15) is 13.2 Å². The molecule has 2 aromatic carbocycles. The number of hydrogen-bond donors (Lipinski definition) is 1. The van der Waals surface area contributed by atoms with Crippen molar-refractivity contribution < 1.29 is 13.2 Å². The van der Waals surface area contributed by atoms with E-state index in [1.807, 2.05) is 68.6 Å². The molecule has 9 nitrogen and oxygen atoms in total. The van der Waals surface area contributed by atoms with Gasteiger partial charge in [0.15, 0.2) is 0 Å². The third-order valence-corrected chi connectivity index (χ3v) is 9.38. The number of carbonyl (C=O) groups excluding carboxylic acids is 1. The largest absolute Gasteiger partial charge is 0.341 e. The van der Waals surface area contributed by atoms with Crippen molar-refractivity contribution in [2.24, 2.45) is 0 Å². The minimum Gasteiger partial charge on any atom is -0.341 e. The number of aromatic nitrogens is 2. The Morgan fingerprint density at radius 1 is 1.00 bits per heavy atom. The van der Waals surface area contributed by atoms with Gasteiger partial charge in [0.05, 0.1) is 11.4 Å². The molecule has 5 rings (SSSR count). The van der Waals surface area contributed by atoms with Gasteiger partial charge in [-0.1, -0.05) is 31.2 Å². The van der Waals surface area contributed by atoms with Gasteiger partial charge >= 0.3 is 0 Å². The molecule has 2 aliphatic rings. The zero-order valence-corrected chi connectivity index (χ0v) is 23.4. The number of carbonyl (C=O) groups is 1. The van der Waals surface area contributed by atoms with Crippen LogP contribution in [0.2, 0.25) is 0 Å². The maximum absolute atomic E-state index is 12.8. The highest BCUT2D eigenvalue weighted by Crippen LogP contribution is 2.29. The molecule has 2 heterocycles. The van der Waals surface area contributed by atoms with Gasteiger partial charge in [0, 0.05) is 68.8 Å². The highest BCUT2D eigenvalue weighted by atomic mass is 32.2. The summed E-state index contributed by atoms with van der Waals surface area (Å²) in [6.07, 6.45) is 4.78. The van der Waals surface area contributed by atoms with Gasteiger partial charge in [-0.15, -0.1) is 0 Å². The molecule has 1 aliphatic carbocycles. The summed E-state index contributed by atoms with van der Waals surface area (Å²) in [7, 11) is -1.10. The average Bonchev–Trinajstić information content (AvgIpc) is 3.80. The van der Waals surface area contributed by atoms with Crippen LogP contribution in [0.4, 0.5) is 11.6 Å².